The van der Waals surface area contributed by atoms with Crippen molar-refractivity contribution in [2.75, 3.05) is 13.7 Å². The molecule has 0 aromatic rings. The standard InChI is InChI=1S/C15H32O6Si3/c1-13(11-12-19-15(17)10-9-14(16)18-2)22(20-23(3,4)5)21-24(6,7)8/h9-10,13,22H,11-12H2,1-8H3/b10-9+. The lowest BCUT2D eigenvalue weighted by Crippen LogP contribution is -2.45. The van der Waals surface area contributed by atoms with Crippen molar-refractivity contribution in [2.24, 2.45) is 0 Å². The maximum Gasteiger partial charge on any atom is 0.331 e. The highest BCUT2D eigenvalue weighted by molar-refractivity contribution is 6.81. The van der Waals surface area contributed by atoms with Crippen LogP contribution in [0.3, 0.4) is 0 Å². The first kappa shape index (κ1) is 23.3. The highest BCUT2D eigenvalue weighted by Gasteiger charge is 2.32. The van der Waals surface area contributed by atoms with Gasteiger partial charge in [0.15, 0.2) is 16.6 Å². The van der Waals surface area contributed by atoms with Gasteiger partial charge in [-0.2, -0.15) is 0 Å². The molecule has 0 bridgehead atoms. The topological polar surface area (TPSA) is 71.1 Å². The molecule has 140 valence electrons. The molecule has 0 aromatic heterocycles. The third kappa shape index (κ3) is 12.6. The third-order valence-corrected chi connectivity index (χ3v) is 11.6. The van der Waals surface area contributed by atoms with E-state index in [4.69, 9.17) is 13.0 Å². The Morgan fingerprint density at radius 2 is 1.42 bits per heavy atom. The molecule has 0 heterocycles. The fourth-order valence-electron chi connectivity index (χ4n) is 1.69. The smallest absolute Gasteiger partial charge is 0.331 e. The minimum absolute atomic E-state index is 0.237. The molecule has 0 aliphatic rings. The Kier molecular flexibility index (Phi) is 9.97. The van der Waals surface area contributed by atoms with E-state index in [1.807, 2.05) is 0 Å². The van der Waals surface area contributed by atoms with Crippen molar-refractivity contribution in [2.45, 2.75) is 58.2 Å². The molecule has 0 fully saturated rings. The maximum atomic E-state index is 11.5. The minimum Gasteiger partial charge on any atom is -0.466 e. The van der Waals surface area contributed by atoms with Crippen molar-refractivity contribution >= 4 is 37.9 Å². The number of rotatable bonds is 10. The van der Waals surface area contributed by atoms with Gasteiger partial charge >= 0.3 is 21.2 Å². The fraction of sp³-hybridized carbons (Fsp3) is 0.733. The summed E-state index contributed by atoms with van der Waals surface area (Å²) in [5, 5.41) is 0. The van der Waals surface area contributed by atoms with E-state index in [-0.39, 0.29) is 12.1 Å². The molecule has 0 aliphatic carbocycles. The van der Waals surface area contributed by atoms with Gasteiger partial charge in [0.2, 0.25) is 0 Å². The molecule has 1 atom stereocenters. The Balaban J connectivity index is 4.50. The molecule has 0 saturated carbocycles. The molecule has 0 amide bonds. The Labute approximate surface area is 149 Å². The maximum absolute atomic E-state index is 11.5. The Bertz CT molecular complexity index is 423. The molecule has 9 heteroatoms. The van der Waals surface area contributed by atoms with Crippen LogP contribution in [0.25, 0.3) is 0 Å². The number of hydrogen-bond acceptors (Lipinski definition) is 6. The summed E-state index contributed by atoms with van der Waals surface area (Å²) in [6.45, 7) is 15.3. The molecule has 0 saturated heterocycles. The second-order valence-corrected chi connectivity index (χ2v) is 19.8. The number of esters is 2. The SMILES string of the molecule is COC(=O)/C=C/C(=O)OCCC(C)[SiH](O[Si](C)(C)C)O[Si](C)(C)C. The van der Waals surface area contributed by atoms with Crippen LogP contribution in [-0.4, -0.2) is 51.6 Å². The minimum atomic E-state index is -1.84. The molecule has 0 radical (unpaired) electrons. The Morgan fingerprint density at radius 1 is 0.958 bits per heavy atom. The molecule has 0 spiro atoms. The van der Waals surface area contributed by atoms with Crippen LogP contribution >= 0.6 is 0 Å². The van der Waals surface area contributed by atoms with Gasteiger partial charge in [-0.15, -0.1) is 0 Å². The van der Waals surface area contributed by atoms with Gasteiger partial charge in [-0.3, -0.25) is 0 Å². The number of ether oxygens (including phenoxy) is 2. The summed E-state index contributed by atoms with van der Waals surface area (Å²) in [6.07, 6.45) is 2.80. The van der Waals surface area contributed by atoms with Gasteiger partial charge in [0, 0.05) is 12.2 Å². The molecule has 6 nitrogen and oxygen atoms in total. The average Bonchev–Trinajstić information content (AvgIpc) is 2.40. The zero-order chi connectivity index (χ0) is 19.0. The molecule has 0 aromatic carbocycles. The molecular weight excluding hydrogens is 360 g/mol. The second-order valence-electron chi connectivity index (χ2n) is 7.62. The molecule has 0 rings (SSSR count). The number of carbonyl (C=O) groups excluding carboxylic acids is 2. The quantitative estimate of drug-likeness (QED) is 0.323. The number of carbonyl (C=O) groups is 2. The fourth-order valence-corrected chi connectivity index (χ4v) is 10.2. The van der Waals surface area contributed by atoms with Crippen molar-refractivity contribution in [1.82, 2.24) is 0 Å². The molecule has 1 unspecified atom stereocenters. The molecule has 0 aliphatic heterocycles. The van der Waals surface area contributed by atoms with Crippen LogP contribution in [0.15, 0.2) is 12.2 Å². The lowest BCUT2D eigenvalue weighted by Gasteiger charge is -2.33. The molecular formula is C15H32O6Si3. The van der Waals surface area contributed by atoms with E-state index in [1.165, 1.54) is 7.11 Å². The van der Waals surface area contributed by atoms with E-state index in [0.717, 1.165) is 12.2 Å². The summed E-state index contributed by atoms with van der Waals surface area (Å²) >= 11 is 0. The van der Waals surface area contributed by atoms with Gasteiger partial charge in [0.1, 0.15) is 0 Å². The van der Waals surface area contributed by atoms with Crippen LogP contribution in [0.4, 0.5) is 0 Å². The van der Waals surface area contributed by atoms with Crippen LogP contribution in [0.5, 0.6) is 0 Å². The van der Waals surface area contributed by atoms with Gasteiger partial charge in [-0.1, -0.05) is 6.92 Å². The third-order valence-electron chi connectivity index (χ3n) is 2.78. The van der Waals surface area contributed by atoms with Gasteiger partial charge in [0.05, 0.1) is 13.7 Å². The lowest BCUT2D eigenvalue weighted by atomic mass is 10.3. The van der Waals surface area contributed by atoms with Crippen LogP contribution < -0.4 is 0 Å². The molecule has 24 heavy (non-hydrogen) atoms. The first-order valence-corrected chi connectivity index (χ1v) is 16.5. The predicted molar refractivity (Wildman–Crippen MR) is 102 cm³/mol. The lowest BCUT2D eigenvalue weighted by molar-refractivity contribution is -0.139. The zero-order valence-corrected chi connectivity index (χ0v) is 19.3. The van der Waals surface area contributed by atoms with Crippen molar-refractivity contribution in [1.29, 1.82) is 0 Å². The largest absolute Gasteiger partial charge is 0.466 e. The van der Waals surface area contributed by atoms with E-state index in [1.54, 1.807) is 0 Å². The van der Waals surface area contributed by atoms with Crippen molar-refractivity contribution in [3.8, 4) is 0 Å². The van der Waals surface area contributed by atoms with E-state index >= 15 is 0 Å². The zero-order valence-electron chi connectivity index (χ0n) is 16.2. The van der Waals surface area contributed by atoms with Crippen LogP contribution in [0.2, 0.25) is 44.8 Å². The van der Waals surface area contributed by atoms with Gasteiger partial charge < -0.3 is 17.7 Å². The highest BCUT2D eigenvalue weighted by Crippen LogP contribution is 2.23. The van der Waals surface area contributed by atoms with Crippen LogP contribution in [0.1, 0.15) is 13.3 Å². The number of methoxy groups -OCH3 is 1. The van der Waals surface area contributed by atoms with Gasteiger partial charge in [-0.25, -0.2) is 9.59 Å². The van der Waals surface area contributed by atoms with Crippen molar-refractivity contribution in [3.63, 3.8) is 0 Å². The summed E-state index contributed by atoms with van der Waals surface area (Å²) in [6, 6.07) is 0. The Hall–Kier alpha value is -0.749. The first-order valence-electron chi connectivity index (χ1n) is 8.12. The summed E-state index contributed by atoms with van der Waals surface area (Å²) in [5.41, 5.74) is 0.237. The second kappa shape index (κ2) is 10.3. The van der Waals surface area contributed by atoms with E-state index in [9.17, 15) is 9.59 Å². The van der Waals surface area contributed by atoms with Crippen LogP contribution in [0, 0.1) is 0 Å². The summed E-state index contributed by atoms with van der Waals surface area (Å²) in [4.78, 5) is 22.4. The first-order chi connectivity index (χ1) is 10.8. The predicted octanol–water partition coefficient (Wildman–Crippen LogP) is 2.96. The van der Waals surface area contributed by atoms with E-state index in [2.05, 4.69) is 50.9 Å². The Morgan fingerprint density at radius 3 is 1.83 bits per heavy atom. The highest BCUT2D eigenvalue weighted by atomic mass is 28.4. The van der Waals surface area contributed by atoms with Gasteiger partial charge in [-0.05, 0) is 51.2 Å². The van der Waals surface area contributed by atoms with E-state index in [0.29, 0.717) is 6.42 Å². The van der Waals surface area contributed by atoms with Crippen molar-refractivity contribution in [3.05, 3.63) is 12.2 Å². The monoisotopic (exact) mass is 392 g/mol. The average molecular weight is 393 g/mol. The molecule has 0 N–H and O–H groups in total. The van der Waals surface area contributed by atoms with Crippen molar-refractivity contribution < 1.29 is 27.3 Å². The summed E-state index contributed by atoms with van der Waals surface area (Å²) in [5.74, 6) is -1.14. The summed E-state index contributed by atoms with van der Waals surface area (Å²) < 4.78 is 22.1. The van der Waals surface area contributed by atoms with Crippen LogP contribution in [-0.2, 0) is 27.3 Å². The number of hydrogen-bond donors (Lipinski definition) is 0. The summed E-state index contributed by atoms with van der Waals surface area (Å²) in [7, 11) is -3.96. The van der Waals surface area contributed by atoms with Gasteiger partial charge in [0.25, 0.3) is 0 Å². The normalized spacial score (nSPS) is 14.0. The van der Waals surface area contributed by atoms with E-state index < -0.39 is 37.9 Å².